The minimum atomic E-state index is -0.00324. The maximum atomic E-state index is 8.74. The fourth-order valence-electron chi connectivity index (χ4n) is 1.29. The van der Waals surface area contributed by atoms with Gasteiger partial charge < -0.3 is 15.3 Å². The maximum absolute atomic E-state index is 8.74. The Morgan fingerprint density at radius 2 is 1.06 bits per heavy atom. The Kier molecular flexibility index (Phi) is 5.79. The van der Waals surface area contributed by atoms with E-state index in [1.54, 1.807) is 36.4 Å². The Balaban J connectivity index is 0.000000181. The Bertz CT molecular complexity index is 403. The molecule has 2 aromatic rings. The topological polar surface area (TPSA) is 60.7 Å². The van der Waals surface area contributed by atoms with Crippen LogP contribution in [0.5, 0.6) is 5.75 Å². The number of hydrogen-bond acceptors (Lipinski definition) is 3. The van der Waals surface area contributed by atoms with E-state index < -0.39 is 0 Å². The molecule has 17 heavy (non-hydrogen) atoms. The van der Waals surface area contributed by atoms with Gasteiger partial charge in [-0.05, 0) is 23.3 Å². The second kappa shape index (κ2) is 7.44. The Morgan fingerprint density at radius 1 is 0.647 bits per heavy atom. The largest absolute Gasteiger partial charge is 0.508 e. The predicted molar refractivity (Wildman–Crippen MR) is 66.4 cm³/mol. The molecule has 0 unspecified atom stereocenters. The van der Waals surface area contributed by atoms with Crippen LogP contribution in [0.15, 0.2) is 54.6 Å². The van der Waals surface area contributed by atoms with Gasteiger partial charge in [0, 0.05) is 0 Å². The molecule has 0 radical (unpaired) electrons. The van der Waals surface area contributed by atoms with Gasteiger partial charge in [-0.3, -0.25) is 0 Å². The molecule has 0 aliphatic heterocycles. The van der Waals surface area contributed by atoms with Crippen LogP contribution in [-0.2, 0) is 13.2 Å². The van der Waals surface area contributed by atoms with Crippen molar-refractivity contribution in [1.82, 2.24) is 0 Å². The van der Waals surface area contributed by atoms with Crippen LogP contribution in [0.3, 0.4) is 0 Å². The summed E-state index contributed by atoms with van der Waals surface area (Å²) in [6, 6.07) is 16.0. The Hall–Kier alpha value is -1.84. The number of para-hydroxylation sites is 1. The number of aromatic hydroxyl groups is 1. The summed E-state index contributed by atoms with van der Waals surface area (Å²) in [5, 5.41) is 26.1. The van der Waals surface area contributed by atoms with Crippen molar-refractivity contribution in [2.24, 2.45) is 0 Å². The van der Waals surface area contributed by atoms with E-state index in [2.05, 4.69) is 0 Å². The monoisotopic (exact) mass is 232 g/mol. The molecule has 90 valence electrons. The normalized spacial score (nSPS) is 9.29. The molecule has 0 fully saturated rings. The van der Waals surface area contributed by atoms with Crippen LogP contribution in [0, 0.1) is 0 Å². The molecule has 3 N–H and O–H groups in total. The molecule has 0 aliphatic rings. The summed E-state index contributed by atoms with van der Waals surface area (Å²) >= 11 is 0. The number of benzene rings is 2. The Labute approximate surface area is 101 Å². The zero-order chi connectivity index (χ0) is 12.5. The van der Waals surface area contributed by atoms with Gasteiger partial charge in [-0.1, -0.05) is 42.5 Å². The molecule has 0 saturated heterocycles. The fraction of sp³-hybridized carbons (Fsp3) is 0.143. The summed E-state index contributed by atoms with van der Waals surface area (Å²) in [5.41, 5.74) is 1.59. The maximum Gasteiger partial charge on any atom is 0.115 e. The van der Waals surface area contributed by atoms with Gasteiger partial charge in [0.15, 0.2) is 0 Å². The number of rotatable bonds is 2. The van der Waals surface area contributed by atoms with E-state index in [1.807, 2.05) is 18.2 Å². The SMILES string of the molecule is OCc1ccccc1CO.Oc1ccccc1. The summed E-state index contributed by atoms with van der Waals surface area (Å²) in [6.45, 7) is -0.00648. The number of phenols is 1. The second-order valence-corrected chi connectivity index (χ2v) is 3.42. The fourth-order valence-corrected chi connectivity index (χ4v) is 1.29. The van der Waals surface area contributed by atoms with Crippen LogP contribution in [-0.4, -0.2) is 15.3 Å². The lowest BCUT2D eigenvalue weighted by molar-refractivity contribution is 0.260. The smallest absolute Gasteiger partial charge is 0.115 e. The highest BCUT2D eigenvalue weighted by molar-refractivity contribution is 5.25. The van der Waals surface area contributed by atoms with Gasteiger partial charge in [0.25, 0.3) is 0 Å². The van der Waals surface area contributed by atoms with Crippen LogP contribution in [0.1, 0.15) is 11.1 Å². The summed E-state index contributed by atoms with van der Waals surface area (Å²) in [6.07, 6.45) is 0. The molecule has 0 atom stereocenters. The van der Waals surface area contributed by atoms with Gasteiger partial charge in [-0.2, -0.15) is 0 Å². The zero-order valence-electron chi connectivity index (χ0n) is 9.45. The molecule has 0 aliphatic carbocycles. The van der Waals surface area contributed by atoms with Crippen LogP contribution in [0.2, 0.25) is 0 Å². The van der Waals surface area contributed by atoms with Gasteiger partial charge in [-0.15, -0.1) is 0 Å². The van der Waals surface area contributed by atoms with Gasteiger partial charge in [0.05, 0.1) is 13.2 Å². The zero-order valence-corrected chi connectivity index (χ0v) is 9.45. The second-order valence-electron chi connectivity index (χ2n) is 3.42. The van der Waals surface area contributed by atoms with E-state index >= 15 is 0 Å². The molecule has 2 aromatic carbocycles. The first-order valence-corrected chi connectivity index (χ1v) is 5.30. The summed E-state index contributed by atoms with van der Waals surface area (Å²) in [5.74, 6) is 0.322. The van der Waals surface area contributed by atoms with E-state index in [0.717, 1.165) is 11.1 Å². The van der Waals surface area contributed by atoms with Crippen molar-refractivity contribution in [1.29, 1.82) is 0 Å². The quantitative estimate of drug-likeness (QED) is 0.742. The third-order valence-electron chi connectivity index (χ3n) is 2.22. The van der Waals surface area contributed by atoms with Crippen molar-refractivity contribution in [3.8, 4) is 5.75 Å². The molecule has 0 heterocycles. The van der Waals surface area contributed by atoms with E-state index in [9.17, 15) is 0 Å². The molecule has 3 nitrogen and oxygen atoms in total. The number of phenolic OH excluding ortho intramolecular Hbond substituents is 1. The molecule has 2 rings (SSSR count). The van der Waals surface area contributed by atoms with Crippen LogP contribution in [0.4, 0.5) is 0 Å². The minimum Gasteiger partial charge on any atom is -0.508 e. The lowest BCUT2D eigenvalue weighted by Crippen LogP contribution is -1.91. The first kappa shape index (κ1) is 13.2. The highest BCUT2D eigenvalue weighted by Gasteiger charge is 1.95. The van der Waals surface area contributed by atoms with Crippen molar-refractivity contribution in [3.63, 3.8) is 0 Å². The lowest BCUT2D eigenvalue weighted by Gasteiger charge is -2.01. The van der Waals surface area contributed by atoms with Gasteiger partial charge >= 0.3 is 0 Å². The van der Waals surface area contributed by atoms with Gasteiger partial charge in [-0.25, -0.2) is 0 Å². The first-order chi connectivity index (χ1) is 8.27. The van der Waals surface area contributed by atoms with E-state index in [1.165, 1.54) is 0 Å². The molecule has 0 aromatic heterocycles. The third-order valence-corrected chi connectivity index (χ3v) is 2.22. The molecule has 3 heteroatoms. The van der Waals surface area contributed by atoms with Crippen molar-refractivity contribution in [3.05, 3.63) is 65.7 Å². The lowest BCUT2D eigenvalue weighted by atomic mass is 10.1. The predicted octanol–water partition coefficient (Wildman–Crippen LogP) is 2.06. The molecular formula is C14H16O3. The van der Waals surface area contributed by atoms with E-state index in [0.29, 0.717) is 5.75 Å². The van der Waals surface area contributed by atoms with Crippen molar-refractivity contribution < 1.29 is 15.3 Å². The highest BCUT2D eigenvalue weighted by atomic mass is 16.3. The van der Waals surface area contributed by atoms with Crippen LogP contribution < -0.4 is 0 Å². The molecule has 0 bridgehead atoms. The van der Waals surface area contributed by atoms with Crippen molar-refractivity contribution >= 4 is 0 Å². The number of aliphatic hydroxyl groups is 2. The number of aliphatic hydroxyl groups excluding tert-OH is 2. The molecule has 0 spiro atoms. The van der Waals surface area contributed by atoms with Crippen molar-refractivity contribution in [2.45, 2.75) is 13.2 Å². The van der Waals surface area contributed by atoms with Crippen LogP contribution in [0.25, 0.3) is 0 Å². The summed E-state index contributed by atoms with van der Waals surface area (Å²) in [7, 11) is 0. The number of hydrogen-bond donors (Lipinski definition) is 3. The minimum absolute atomic E-state index is 0.00324. The molecule has 0 amide bonds. The molecule has 0 saturated carbocycles. The van der Waals surface area contributed by atoms with Crippen molar-refractivity contribution in [2.75, 3.05) is 0 Å². The summed E-state index contributed by atoms with van der Waals surface area (Å²) in [4.78, 5) is 0. The van der Waals surface area contributed by atoms with Crippen LogP contribution >= 0.6 is 0 Å². The Morgan fingerprint density at radius 3 is 1.35 bits per heavy atom. The van der Waals surface area contributed by atoms with E-state index in [4.69, 9.17) is 15.3 Å². The first-order valence-electron chi connectivity index (χ1n) is 5.30. The average Bonchev–Trinajstić information content (AvgIpc) is 2.40. The van der Waals surface area contributed by atoms with Gasteiger partial charge in [0.1, 0.15) is 5.75 Å². The standard InChI is InChI=1S/C8H10O2.C6H6O/c9-5-7-3-1-2-4-8(7)6-10;7-6-4-2-1-3-5-6/h1-4,9-10H,5-6H2;1-5,7H. The van der Waals surface area contributed by atoms with Gasteiger partial charge in [0.2, 0.25) is 0 Å². The molecular weight excluding hydrogens is 216 g/mol. The average molecular weight is 232 g/mol. The summed E-state index contributed by atoms with van der Waals surface area (Å²) < 4.78 is 0. The highest BCUT2D eigenvalue weighted by Crippen LogP contribution is 2.07. The van der Waals surface area contributed by atoms with E-state index in [-0.39, 0.29) is 13.2 Å². The third kappa shape index (κ3) is 4.68.